The molecule has 3 rings (SSSR count). The summed E-state index contributed by atoms with van der Waals surface area (Å²) >= 11 is 2.31. The zero-order valence-electron chi connectivity index (χ0n) is 11.3. The average Bonchev–Trinajstić information content (AvgIpc) is 3.24. The molecule has 1 aromatic carbocycles. The first-order valence-electron chi connectivity index (χ1n) is 6.81. The average molecular weight is 384 g/mol. The number of H-pyrrole nitrogens is 1. The molecule has 1 aliphatic rings. The molecule has 0 radical (unpaired) electrons. The highest BCUT2D eigenvalue weighted by atomic mass is 127. The molecule has 106 valence electrons. The second kappa shape index (κ2) is 5.63. The number of aromatic amines is 1. The van der Waals surface area contributed by atoms with Gasteiger partial charge in [-0.05, 0) is 65.6 Å². The van der Waals surface area contributed by atoms with E-state index >= 15 is 0 Å². The van der Waals surface area contributed by atoms with Crippen molar-refractivity contribution in [3.05, 3.63) is 27.5 Å². The topological polar surface area (TPSA) is 54.1 Å². The van der Waals surface area contributed by atoms with Crippen molar-refractivity contribution < 1.29 is 9.53 Å². The molecule has 0 saturated heterocycles. The number of aromatic nitrogens is 1. The highest BCUT2D eigenvalue weighted by molar-refractivity contribution is 14.1. The summed E-state index contributed by atoms with van der Waals surface area (Å²) in [5.74, 6) is 1.34. The summed E-state index contributed by atoms with van der Waals surface area (Å²) < 4.78 is 6.41. The molecule has 1 aromatic heterocycles. The summed E-state index contributed by atoms with van der Waals surface area (Å²) in [6, 6.07) is 6.03. The molecule has 1 amide bonds. The van der Waals surface area contributed by atoms with Crippen LogP contribution in [-0.2, 0) is 11.2 Å². The first-order chi connectivity index (χ1) is 9.69. The quantitative estimate of drug-likeness (QED) is 0.780. The van der Waals surface area contributed by atoms with Crippen LogP contribution in [0.4, 0.5) is 0 Å². The predicted molar refractivity (Wildman–Crippen MR) is 87.0 cm³/mol. The van der Waals surface area contributed by atoms with Gasteiger partial charge in [0.2, 0.25) is 5.91 Å². The molecular formula is C15H17IN2O2. The van der Waals surface area contributed by atoms with Gasteiger partial charge in [-0.25, -0.2) is 0 Å². The van der Waals surface area contributed by atoms with Gasteiger partial charge in [-0.3, -0.25) is 4.79 Å². The number of rotatable bonds is 5. The Kier molecular flexibility index (Phi) is 3.87. The summed E-state index contributed by atoms with van der Waals surface area (Å²) in [4.78, 5) is 15.0. The van der Waals surface area contributed by atoms with Crippen LogP contribution >= 0.6 is 22.6 Å². The SMILES string of the molecule is COc1ccc2[nH]c(I)c(CCNC(=O)C3CC3)c2c1. The van der Waals surface area contributed by atoms with Gasteiger partial charge in [0.1, 0.15) is 5.75 Å². The van der Waals surface area contributed by atoms with Crippen LogP contribution in [0.3, 0.4) is 0 Å². The van der Waals surface area contributed by atoms with Crippen molar-refractivity contribution in [3.63, 3.8) is 0 Å². The third kappa shape index (κ3) is 2.77. The van der Waals surface area contributed by atoms with Crippen LogP contribution in [-0.4, -0.2) is 24.5 Å². The third-order valence-corrected chi connectivity index (χ3v) is 4.60. The number of methoxy groups -OCH3 is 1. The van der Waals surface area contributed by atoms with E-state index in [-0.39, 0.29) is 11.8 Å². The molecule has 4 nitrogen and oxygen atoms in total. The van der Waals surface area contributed by atoms with Crippen LogP contribution in [0.15, 0.2) is 18.2 Å². The van der Waals surface area contributed by atoms with Gasteiger partial charge in [-0.2, -0.15) is 0 Å². The molecule has 0 atom stereocenters. The van der Waals surface area contributed by atoms with Gasteiger partial charge in [0, 0.05) is 23.4 Å². The molecule has 1 aliphatic carbocycles. The molecule has 0 bridgehead atoms. The summed E-state index contributed by atoms with van der Waals surface area (Å²) in [6.07, 6.45) is 2.94. The number of carbonyl (C=O) groups excluding carboxylic acids is 1. The number of halogens is 1. The maximum Gasteiger partial charge on any atom is 0.223 e. The van der Waals surface area contributed by atoms with Gasteiger partial charge in [-0.1, -0.05) is 0 Å². The molecule has 1 saturated carbocycles. The van der Waals surface area contributed by atoms with Gasteiger partial charge >= 0.3 is 0 Å². The van der Waals surface area contributed by atoms with Crippen molar-refractivity contribution in [2.45, 2.75) is 19.3 Å². The van der Waals surface area contributed by atoms with Gasteiger partial charge in [0.05, 0.1) is 10.8 Å². The fraction of sp³-hybridized carbons (Fsp3) is 0.400. The normalized spacial score (nSPS) is 14.5. The number of hydrogen-bond acceptors (Lipinski definition) is 2. The zero-order valence-corrected chi connectivity index (χ0v) is 13.5. The van der Waals surface area contributed by atoms with Crippen LogP contribution in [0.5, 0.6) is 5.75 Å². The maximum atomic E-state index is 11.6. The molecule has 0 spiro atoms. The van der Waals surface area contributed by atoms with E-state index in [1.165, 1.54) is 10.9 Å². The predicted octanol–water partition coefficient (Wildman–Crippen LogP) is 2.85. The Labute approximate surface area is 131 Å². The lowest BCUT2D eigenvalue weighted by Gasteiger charge is -2.05. The van der Waals surface area contributed by atoms with Crippen LogP contribution in [0.25, 0.3) is 10.9 Å². The number of benzene rings is 1. The Hall–Kier alpha value is -1.24. The van der Waals surface area contributed by atoms with E-state index in [1.54, 1.807) is 7.11 Å². The summed E-state index contributed by atoms with van der Waals surface area (Å²) in [5.41, 5.74) is 2.36. The highest BCUT2D eigenvalue weighted by Gasteiger charge is 2.29. The number of amides is 1. The van der Waals surface area contributed by atoms with Crippen LogP contribution < -0.4 is 10.1 Å². The highest BCUT2D eigenvalue weighted by Crippen LogP contribution is 2.29. The Bertz CT molecular complexity index is 647. The van der Waals surface area contributed by atoms with Crippen molar-refractivity contribution >= 4 is 39.4 Å². The minimum absolute atomic E-state index is 0.206. The number of fused-ring (bicyclic) bond motifs is 1. The molecule has 1 heterocycles. The minimum Gasteiger partial charge on any atom is -0.497 e. The molecule has 0 unspecified atom stereocenters. The zero-order chi connectivity index (χ0) is 14.1. The van der Waals surface area contributed by atoms with Crippen molar-refractivity contribution in [2.75, 3.05) is 13.7 Å². The Morgan fingerprint density at radius 2 is 2.30 bits per heavy atom. The first kappa shape index (κ1) is 13.7. The minimum atomic E-state index is 0.206. The van der Waals surface area contributed by atoms with Gasteiger partial charge in [0.25, 0.3) is 0 Å². The molecular weight excluding hydrogens is 367 g/mol. The number of nitrogens with one attached hydrogen (secondary N) is 2. The van der Waals surface area contributed by atoms with Crippen LogP contribution in [0, 0.1) is 9.62 Å². The number of carbonyl (C=O) groups is 1. The van der Waals surface area contributed by atoms with Gasteiger partial charge in [0.15, 0.2) is 0 Å². The molecule has 0 aliphatic heterocycles. The monoisotopic (exact) mass is 384 g/mol. The Morgan fingerprint density at radius 3 is 3.00 bits per heavy atom. The van der Waals surface area contributed by atoms with Crippen molar-refractivity contribution in [1.82, 2.24) is 10.3 Å². The Balaban J connectivity index is 1.75. The largest absolute Gasteiger partial charge is 0.497 e. The fourth-order valence-electron chi connectivity index (χ4n) is 2.37. The first-order valence-corrected chi connectivity index (χ1v) is 7.88. The van der Waals surface area contributed by atoms with E-state index in [0.29, 0.717) is 6.54 Å². The van der Waals surface area contributed by atoms with Crippen LogP contribution in [0.2, 0.25) is 0 Å². The van der Waals surface area contributed by atoms with Crippen molar-refractivity contribution in [3.8, 4) is 5.75 Å². The van der Waals surface area contributed by atoms with Gasteiger partial charge < -0.3 is 15.0 Å². The summed E-state index contributed by atoms with van der Waals surface area (Å²) in [7, 11) is 1.67. The molecule has 20 heavy (non-hydrogen) atoms. The molecule has 1 fully saturated rings. The summed E-state index contributed by atoms with van der Waals surface area (Å²) in [6.45, 7) is 0.690. The fourth-order valence-corrected chi connectivity index (χ4v) is 3.22. The lowest BCUT2D eigenvalue weighted by atomic mass is 10.1. The summed E-state index contributed by atoms with van der Waals surface area (Å²) in [5, 5.41) is 4.19. The van der Waals surface area contributed by atoms with Crippen LogP contribution in [0.1, 0.15) is 18.4 Å². The van der Waals surface area contributed by atoms with E-state index in [9.17, 15) is 4.79 Å². The van der Waals surface area contributed by atoms with E-state index in [0.717, 1.165) is 34.2 Å². The van der Waals surface area contributed by atoms with E-state index < -0.39 is 0 Å². The number of hydrogen-bond donors (Lipinski definition) is 2. The van der Waals surface area contributed by atoms with Crippen molar-refractivity contribution in [2.24, 2.45) is 5.92 Å². The molecule has 2 N–H and O–H groups in total. The lowest BCUT2D eigenvalue weighted by molar-refractivity contribution is -0.122. The second-order valence-electron chi connectivity index (χ2n) is 5.14. The maximum absolute atomic E-state index is 11.6. The van der Waals surface area contributed by atoms with E-state index in [4.69, 9.17) is 4.74 Å². The Morgan fingerprint density at radius 1 is 1.50 bits per heavy atom. The number of ether oxygens (including phenoxy) is 1. The van der Waals surface area contributed by atoms with E-state index in [1.807, 2.05) is 18.2 Å². The third-order valence-electron chi connectivity index (χ3n) is 3.68. The smallest absolute Gasteiger partial charge is 0.223 e. The molecule has 5 heteroatoms. The van der Waals surface area contributed by atoms with Crippen molar-refractivity contribution in [1.29, 1.82) is 0 Å². The van der Waals surface area contributed by atoms with Gasteiger partial charge in [-0.15, -0.1) is 0 Å². The standard InChI is InChI=1S/C15H17IN2O2/c1-20-10-4-5-13-12(8-10)11(14(16)18-13)6-7-17-15(19)9-2-3-9/h4-5,8-9,18H,2-3,6-7H2,1H3,(H,17,19). The molecule has 2 aromatic rings. The second-order valence-corrected chi connectivity index (χ2v) is 6.22. The lowest BCUT2D eigenvalue weighted by Crippen LogP contribution is -2.27. The van der Waals surface area contributed by atoms with E-state index in [2.05, 4.69) is 32.9 Å².